The number of carbonyl (C=O) groups excluding carboxylic acids is 1. The number of carbonyl (C=O) groups is 1. The minimum atomic E-state index is -0.771. The van der Waals surface area contributed by atoms with Crippen LogP contribution in [0.3, 0.4) is 0 Å². The van der Waals surface area contributed by atoms with Gasteiger partial charge in [-0.25, -0.2) is 4.39 Å². The highest BCUT2D eigenvalue weighted by Crippen LogP contribution is 2.21. The van der Waals surface area contributed by atoms with Crippen molar-refractivity contribution in [2.24, 2.45) is 11.7 Å². The number of hydrogen-bond donors (Lipinski definition) is 3. The summed E-state index contributed by atoms with van der Waals surface area (Å²) in [7, 11) is -0.771. The molecule has 1 unspecified atom stereocenters. The molecule has 0 aromatic heterocycles. The van der Waals surface area contributed by atoms with Crippen LogP contribution >= 0.6 is 0 Å². The van der Waals surface area contributed by atoms with Gasteiger partial charge in [-0.2, -0.15) is 0 Å². The molecule has 7 heteroatoms. The highest BCUT2D eigenvalue weighted by atomic mass is 19.1. The summed E-state index contributed by atoms with van der Waals surface area (Å²) >= 11 is 0. The van der Waals surface area contributed by atoms with E-state index in [1.165, 1.54) is 12.1 Å². The third-order valence-corrected chi connectivity index (χ3v) is 4.24. The van der Waals surface area contributed by atoms with E-state index in [2.05, 4.69) is 5.23 Å². The van der Waals surface area contributed by atoms with Gasteiger partial charge >= 0.3 is 7.05 Å². The largest absolute Gasteiger partial charge is 0.437 e. The second kappa shape index (κ2) is 8.43. The van der Waals surface area contributed by atoms with Gasteiger partial charge in [0.15, 0.2) is 0 Å². The van der Waals surface area contributed by atoms with Crippen molar-refractivity contribution < 1.29 is 14.2 Å². The topological polar surface area (TPSA) is 78.6 Å². The van der Waals surface area contributed by atoms with E-state index >= 15 is 0 Å². The fraction of sp³-hybridized carbons (Fsp3) is 0.562. The Labute approximate surface area is 137 Å². The first-order valence-electron chi connectivity index (χ1n) is 8.17. The number of nitrogens with one attached hydrogen (secondary N) is 1. The molecule has 1 aromatic rings. The van der Waals surface area contributed by atoms with Crippen molar-refractivity contribution in [2.75, 3.05) is 19.6 Å². The number of piperidine rings is 1. The lowest BCUT2D eigenvalue weighted by Gasteiger charge is -2.35. The van der Waals surface area contributed by atoms with Gasteiger partial charge in [0.05, 0.1) is 6.04 Å². The number of nitrogens with two attached hydrogens (primary N) is 1. The molecule has 2 atom stereocenters. The number of hydrogen-bond acceptors (Lipinski definition) is 4. The molecule has 1 aliphatic heterocycles. The van der Waals surface area contributed by atoms with Gasteiger partial charge in [0, 0.05) is 19.6 Å². The Morgan fingerprint density at radius 2 is 2.22 bits per heavy atom. The van der Waals surface area contributed by atoms with Crippen molar-refractivity contribution >= 4 is 13.0 Å². The summed E-state index contributed by atoms with van der Waals surface area (Å²) in [6.07, 6.45) is 2.84. The SMILES string of the molecule is CB(O)NC(CN)C(=O)N1CCC[C@@H](Cc2ccc(F)cc2)C1. The molecular formula is C16H25BFN3O2. The summed E-state index contributed by atoms with van der Waals surface area (Å²) in [5, 5.41) is 12.2. The Kier molecular flexibility index (Phi) is 6.56. The predicted molar refractivity (Wildman–Crippen MR) is 89.2 cm³/mol. The molecule has 23 heavy (non-hydrogen) atoms. The van der Waals surface area contributed by atoms with Crippen LogP contribution in [0.2, 0.25) is 6.82 Å². The molecule has 1 heterocycles. The van der Waals surface area contributed by atoms with Crippen LogP contribution < -0.4 is 11.0 Å². The quantitative estimate of drug-likeness (QED) is 0.672. The zero-order chi connectivity index (χ0) is 16.8. The predicted octanol–water partition coefficient (Wildman–Crippen LogP) is 0.634. The molecule has 126 valence electrons. The van der Waals surface area contributed by atoms with E-state index in [1.54, 1.807) is 19.0 Å². The van der Waals surface area contributed by atoms with Crippen molar-refractivity contribution in [1.29, 1.82) is 0 Å². The Morgan fingerprint density at radius 1 is 1.52 bits per heavy atom. The van der Waals surface area contributed by atoms with Gasteiger partial charge in [-0.05, 0) is 49.7 Å². The number of likely N-dealkylation sites (tertiary alicyclic amines) is 1. The lowest BCUT2D eigenvalue weighted by atomic mass is 9.86. The molecule has 1 amide bonds. The fourth-order valence-corrected chi connectivity index (χ4v) is 3.14. The maximum atomic E-state index is 13.0. The van der Waals surface area contributed by atoms with E-state index in [-0.39, 0.29) is 18.3 Å². The Balaban J connectivity index is 1.94. The minimum absolute atomic E-state index is 0.0581. The van der Waals surface area contributed by atoms with Crippen LogP contribution in [0.4, 0.5) is 4.39 Å². The molecule has 4 N–H and O–H groups in total. The van der Waals surface area contributed by atoms with Crippen LogP contribution in [0, 0.1) is 11.7 Å². The molecule has 0 bridgehead atoms. The lowest BCUT2D eigenvalue weighted by Crippen LogP contribution is -2.56. The highest BCUT2D eigenvalue weighted by Gasteiger charge is 2.29. The average Bonchev–Trinajstić information content (AvgIpc) is 2.54. The van der Waals surface area contributed by atoms with Crippen molar-refractivity contribution in [1.82, 2.24) is 10.1 Å². The van der Waals surface area contributed by atoms with Gasteiger partial charge in [-0.15, -0.1) is 0 Å². The van der Waals surface area contributed by atoms with E-state index in [9.17, 15) is 14.2 Å². The minimum Gasteiger partial charge on any atom is -0.437 e. The van der Waals surface area contributed by atoms with Crippen LogP contribution in [0.15, 0.2) is 24.3 Å². The third-order valence-electron chi connectivity index (χ3n) is 4.24. The van der Waals surface area contributed by atoms with Crippen LogP contribution in [0.1, 0.15) is 18.4 Å². The Hall–Kier alpha value is -1.44. The highest BCUT2D eigenvalue weighted by molar-refractivity contribution is 6.46. The molecule has 1 saturated heterocycles. The van der Waals surface area contributed by atoms with Crippen molar-refractivity contribution in [2.45, 2.75) is 32.1 Å². The zero-order valence-corrected chi connectivity index (χ0v) is 13.5. The molecule has 0 spiro atoms. The van der Waals surface area contributed by atoms with Crippen molar-refractivity contribution in [3.05, 3.63) is 35.6 Å². The first kappa shape index (κ1) is 17.9. The summed E-state index contributed by atoms with van der Waals surface area (Å²) in [5.74, 6) is 0.0736. The molecule has 0 radical (unpaired) electrons. The first-order chi connectivity index (χ1) is 11.0. The second-order valence-corrected chi connectivity index (χ2v) is 6.25. The van der Waals surface area contributed by atoms with E-state index in [1.807, 2.05) is 4.90 Å². The number of nitrogens with zero attached hydrogens (tertiary/aromatic N) is 1. The first-order valence-corrected chi connectivity index (χ1v) is 8.17. The molecule has 1 fully saturated rings. The number of benzene rings is 1. The van der Waals surface area contributed by atoms with Crippen molar-refractivity contribution in [3.63, 3.8) is 0 Å². The molecule has 0 saturated carbocycles. The monoisotopic (exact) mass is 321 g/mol. The molecule has 1 aromatic carbocycles. The van der Waals surface area contributed by atoms with Crippen LogP contribution in [0.25, 0.3) is 0 Å². The molecule has 2 rings (SSSR count). The Bertz CT molecular complexity index is 513. The Morgan fingerprint density at radius 3 is 2.83 bits per heavy atom. The maximum absolute atomic E-state index is 13.0. The summed E-state index contributed by atoms with van der Waals surface area (Å²) in [4.78, 5) is 14.4. The van der Waals surface area contributed by atoms with Crippen LogP contribution in [0.5, 0.6) is 0 Å². The van der Waals surface area contributed by atoms with Crippen molar-refractivity contribution in [3.8, 4) is 0 Å². The van der Waals surface area contributed by atoms with Crippen LogP contribution in [-0.4, -0.2) is 48.6 Å². The van der Waals surface area contributed by atoms with E-state index < -0.39 is 13.1 Å². The molecule has 1 aliphatic rings. The van der Waals surface area contributed by atoms with E-state index in [0.29, 0.717) is 12.5 Å². The molecular weight excluding hydrogens is 296 g/mol. The summed E-state index contributed by atoms with van der Waals surface area (Å²) < 4.78 is 13.0. The standard InChI is InChI=1S/C16H25BFN3O2/c1-17(23)20-15(10-19)16(22)21-8-2-3-13(11-21)9-12-4-6-14(18)7-5-12/h4-7,13,15,20,23H,2-3,8-11,19H2,1H3/t13-,15?/m0/s1. The van der Waals surface area contributed by atoms with E-state index in [4.69, 9.17) is 5.73 Å². The van der Waals surface area contributed by atoms with Gasteiger partial charge in [-0.3, -0.25) is 4.79 Å². The smallest absolute Gasteiger partial charge is 0.374 e. The summed E-state index contributed by atoms with van der Waals surface area (Å²) in [6.45, 7) is 3.12. The van der Waals surface area contributed by atoms with Gasteiger partial charge in [0.1, 0.15) is 5.82 Å². The molecule has 0 aliphatic carbocycles. The van der Waals surface area contributed by atoms with Gasteiger partial charge in [-0.1, -0.05) is 12.1 Å². The van der Waals surface area contributed by atoms with Gasteiger partial charge in [0.25, 0.3) is 0 Å². The maximum Gasteiger partial charge on any atom is 0.374 e. The zero-order valence-electron chi connectivity index (χ0n) is 13.5. The van der Waals surface area contributed by atoms with Crippen LogP contribution in [-0.2, 0) is 11.2 Å². The molecule has 5 nitrogen and oxygen atoms in total. The van der Waals surface area contributed by atoms with Gasteiger partial charge < -0.3 is 20.9 Å². The number of amides is 1. The second-order valence-electron chi connectivity index (χ2n) is 6.25. The normalized spacial score (nSPS) is 19.5. The third kappa shape index (κ3) is 5.30. The number of halogens is 1. The summed E-state index contributed by atoms with van der Waals surface area (Å²) in [5.41, 5.74) is 6.73. The van der Waals surface area contributed by atoms with E-state index in [0.717, 1.165) is 31.4 Å². The number of rotatable bonds is 6. The van der Waals surface area contributed by atoms with Gasteiger partial charge in [0.2, 0.25) is 5.91 Å². The summed E-state index contributed by atoms with van der Waals surface area (Å²) in [6, 6.07) is 5.98. The lowest BCUT2D eigenvalue weighted by molar-refractivity contribution is -0.134. The average molecular weight is 321 g/mol. The fourth-order valence-electron chi connectivity index (χ4n) is 3.14.